The fourth-order valence-electron chi connectivity index (χ4n) is 2.24. The number of thioether (sulfide) groups is 1. The van der Waals surface area contributed by atoms with Gasteiger partial charge in [0.2, 0.25) is 0 Å². The van der Waals surface area contributed by atoms with Crippen molar-refractivity contribution in [2.45, 2.75) is 10.9 Å². The lowest BCUT2D eigenvalue weighted by Gasteiger charge is -2.00. The molecular formula is C16H12ClN5OS2. The Hall–Kier alpha value is -2.16. The fraction of sp³-hybridized carbons (Fsp3) is 0.125. The lowest BCUT2D eigenvalue weighted by atomic mass is 10.2. The van der Waals surface area contributed by atoms with Crippen LogP contribution < -0.4 is 0 Å². The zero-order chi connectivity index (χ0) is 17.2. The van der Waals surface area contributed by atoms with E-state index in [1.165, 1.54) is 11.8 Å². The SMILES string of the molecule is Cn1c(SCc2noc(-c3cccc(Cl)c3)n2)nnc1-c1cccs1. The maximum Gasteiger partial charge on any atom is 0.258 e. The molecule has 0 fully saturated rings. The van der Waals surface area contributed by atoms with Gasteiger partial charge >= 0.3 is 0 Å². The van der Waals surface area contributed by atoms with Crippen LogP contribution in [-0.2, 0) is 12.8 Å². The van der Waals surface area contributed by atoms with Gasteiger partial charge in [0.15, 0.2) is 16.8 Å². The van der Waals surface area contributed by atoms with Crippen molar-refractivity contribution < 1.29 is 4.52 Å². The van der Waals surface area contributed by atoms with E-state index in [0.29, 0.717) is 22.5 Å². The molecule has 0 aliphatic rings. The zero-order valence-electron chi connectivity index (χ0n) is 13.1. The van der Waals surface area contributed by atoms with Crippen molar-refractivity contribution in [1.82, 2.24) is 24.9 Å². The van der Waals surface area contributed by atoms with Gasteiger partial charge in [-0.05, 0) is 29.6 Å². The summed E-state index contributed by atoms with van der Waals surface area (Å²) in [5, 5.41) is 16.0. The molecule has 0 spiro atoms. The molecule has 6 nitrogen and oxygen atoms in total. The van der Waals surface area contributed by atoms with Crippen LogP contribution in [0.1, 0.15) is 5.82 Å². The molecule has 1 aromatic carbocycles. The Bertz CT molecular complexity index is 996. The van der Waals surface area contributed by atoms with Gasteiger partial charge < -0.3 is 9.09 Å². The number of halogens is 1. The summed E-state index contributed by atoms with van der Waals surface area (Å²) in [7, 11) is 1.95. The van der Waals surface area contributed by atoms with E-state index in [1.54, 1.807) is 23.5 Å². The first-order chi connectivity index (χ1) is 12.2. The minimum Gasteiger partial charge on any atom is -0.334 e. The van der Waals surface area contributed by atoms with Gasteiger partial charge in [0.25, 0.3) is 5.89 Å². The summed E-state index contributed by atoms with van der Waals surface area (Å²) >= 11 is 9.14. The smallest absolute Gasteiger partial charge is 0.258 e. The first-order valence-electron chi connectivity index (χ1n) is 7.35. The molecule has 25 heavy (non-hydrogen) atoms. The number of aromatic nitrogens is 5. The predicted molar refractivity (Wildman–Crippen MR) is 98.6 cm³/mol. The van der Waals surface area contributed by atoms with Gasteiger partial charge in [0.1, 0.15) is 0 Å². The second kappa shape index (κ2) is 6.99. The third-order valence-corrected chi connectivity index (χ3v) is 5.56. The molecule has 0 unspecified atom stereocenters. The molecule has 0 amide bonds. The van der Waals surface area contributed by atoms with Crippen molar-refractivity contribution in [2.75, 3.05) is 0 Å². The maximum atomic E-state index is 5.99. The summed E-state index contributed by atoms with van der Waals surface area (Å²) in [4.78, 5) is 5.50. The Morgan fingerprint density at radius 2 is 2.16 bits per heavy atom. The van der Waals surface area contributed by atoms with E-state index in [4.69, 9.17) is 16.1 Å². The van der Waals surface area contributed by atoms with Crippen molar-refractivity contribution in [3.05, 3.63) is 52.6 Å². The predicted octanol–water partition coefficient (Wildman–Crippen LogP) is 4.54. The number of thiophene rings is 1. The van der Waals surface area contributed by atoms with E-state index in [2.05, 4.69) is 20.3 Å². The highest BCUT2D eigenvalue weighted by atomic mass is 35.5. The van der Waals surface area contributed by atoms with Crippen LogP contribution in [0.3, 0.4) is 0 Å². The fourth-order valence-corrected chi connectivity index (χ4v) is 3.93. The van der Waals surface area contributed by atoms with E-state index in [0.717, 1.165) is 21.4 Å². The minimum atomic E-state index is 0.454. The Kier molecular flexibility index (Phi) is 4.56. The van der Waals surface area contributed by atoms with Gasteiger partial charge in [0.05, 0.1) is 10.6 Å². The molecule has 0 radical (unpaired) electrons. The molecule has 9 heteroatoms. The van der Waals surface area contributed by atoms with Crippen LogP contribution in [0.15, 0.2) is 51.5 Å². The second-order valence-corrected chi connectivity index (χ2v) is 7.48. The molecule has 4 aromatic rings. The van der Waals surface area contributed by atoms with Crippen LogP contribution in [0.5, 0.6) is 0 Å². The molecule has 126 valence electrons. The number of hydrogen-bond donors (Lipinski definition) is 0. The van der Waals surface area contributed by atoms with E-state index < -0.39 is 0 Å². The average Bonchev–Trinajstić information content (AvgIpc) is 3.34. The van der Waals surface area contributed by atoms with Crippen molar-refractivity contribution in [2.24, 2.45) is 7.05 Å². The molecule has 0 saturated carbocycles. The van der Waals surface area contributed by atoms with E-state index in [1.807, 2.05) is 41.3 Å². The zero-order valence-corrected chi connectivity index (χ0v) is 15.5. The van der Waals surface area contributed by atoms with Crippen molar-refractivity contribution >= 4 is 34.7 Å². The maximum absolute atomic E-state index is 5.99. The summed E-state index contributed by atoms with van der Waals surface area (Å²) < 4.78 is 7.28. The van der Waals surface area contributed by atoms with Crippen molar-refractivity contribution in [1.29, 1.82) is 0 Å². The molecule has 0 aliphatic heterocycles. The number of nitrogens with zero attached hydrogens (tertiary/aromatic N) is 5. The molecule has 0 aliphatic carbocycles. The highest BCUT2D eigenvalue weighted by Gasteiger charge is 2.14. The van der Waals surface area contributed by atoms with Crippen LogP contribution in [0.4, 0.5) is 0 Å². The first-order valence-corrected chi connectivity index (χ1v) is 9.59. The Balaban J connectivity index is 1.48. The van der Waals surface area contributed by atoms with Crippen molar-refractivity contribution in [3.8, 4) is 22.2 Å². The standard InChI is InChI=1S/C16H12ClN5OS2/c1-22-14(12-6-3-7-24-12)19-20-16(22)25-9-13-18-15(23-21-13)10-4-2-5-11(17)8-10/h2-8H,9H2,1H3. The molecule has 0 N–H and O–H groups in total. The number of hydrogen-bond acceptors (Lipinski definition) is 7. The van der Waals surface area contributed by atoms with Crippen LogP contribution in [0.2, 0.25) is 5.02 Å². The molecule has 0 saturated heterocycles. The van der Waals surface area contributed by atoms with Gasteiger partial charge in [-0.2, -0.15) is 4.98 Å². The normalized spacial score (nSPS) is 11.1. The van der Waals surface area contributed by atoms with Crippen LogP contribution in [0, 0.1) is 0 Å². The first kappa shape index (κ1) is 16.3. The molecule has 3 heterocycles. The molecular weight excluding hydrogens is 378 g/mol. The summed E-state index contributed by atoms with van der Waals surface area (Å²) in [6, 6.07) is 11.4. The van der Waals surface area contributed by atoms with Gasteiger partial charge in [-0.1, -0.05) is 40.7 Å². The summed E-state index contributed by atoms with van der Waals surface area (Å²) in [6.07, 6.45) is 0. The van der Waals surface area contributed by atoms with Gasteiger partial charge in [0, 0.05) is 17.6 Å². The van der Waals surface area contributed by atoms with Crippen LogP contribution in [0.25, 0.3) is 22.2 Å². The highest BCUT2D eigenvalue weighted by molar-refractivity contribution is 7.98. The van der Waals surface area contributed by atoms with Gasteiger partial charge in [-0.15, -0.1) is 21.5 Å². The summed E-state index contributed by atoms with van der Waals surface area (Å²) in [6.45, 7) is 0. The lowest BCUT2D eigenvalue weighted by Crippen LogP contribution is -1.94. The van der Waals surface area contributed by atoms with E-state index >= 15 is 0 Å². The summed E-state index contributed by atoms with van der Waals surface area (Å²) in [5.74, 6) is 2.45. The second-order valence-electron chi connectivity index (χ2n) is 5.16. The molecule has 0 atom stereocenters. The highest BCUT2D eigenvalue weighted by Crippen LogP contribution is 2.28. The molecule has 4 rings (SSSR count). The Labute approximate surface area is 156 Å². The number of rotatable bonds is 5. The molecule has 0 bridgehead atoms. The molecule has 3 aromatic heterocycles. The summed E-state index contributed by atoms with van der Waals surface area (Å²) in [5.41, 5.74) is 0.801. The topological polar surface area (TPSA) is 69.6 Å². The van der Waals surface area contributed by atoms with Gasteiger partial charge in [-0.3, -0.25) is 0 Å². The average molecular weight is 390 g/mol. The van der Waals surface area contributed by atoms with Crippen LogP contribution in [-0.4, -0.2) is 24.9 Å². The Morgan fingerprint density at radius 3 is 2.96 bits per heavy atom. The van der Waals surface area contributed by atoms with Gasteiger partial charge in [-0.25, -0.2) is 0 Å². The van der Waals surface area contributed by atoms with Crippen molar-refractivity contribution in [3.63, 3.8) is 0 Å². The third-order valence-electron chi connectivity index (χ3n) is 3.45. The monoisotopic (exact) mass is 389 g/mol. The van der Waals surface area contributed by atoms with Crippen LogP contribution >= 0.6 is 34.7 Å². The van der Waals surface area contributed by atoms with E-state index in [9.17, 15) is 0 Å². The third kappa shape index (κ3) is 3.46. The lowest BCUT2D eigenvalue weighted by molar-refractivity contribution is 0.425. The number of benzene rings is 1. The minimum absolute atomic E-state index is 0.454. The van der Waals surface area contributed by atoms with E-state index in [-0.39, 0.29) is 0 Å². The quantitative estimate of drug-likeness (QED) is 0.467. The Morgan fingerprint density at radius 1 is 1.24 bits per heavy atom. The largest absolute Gasteiger partial charge is 0.334 e.